The van der Waals surface area contributed by atoms with E-state index >= 15 is 0 Å². The predicted octanol–water partition coefficient (Wildman–Crippen LogP) is 3.12. The van der Waals surface area contributed by atoms with Gasteiger partial charge in [-0.15, -0.1) is 5.10 Å². The lowest BCUT2D eigenvalue weighted by molar-refractivity contribution is 0.170. The van der Waals surface area contributed by atoms with Crippen LogP contribution < -0.4 is 0 Å². The average molecular weight is 336 g/mol. The van der Waals surface area contributed by atoms with Crippen molar-refractivity contribution in [2.45, 2.75) is 39.3 Å². The molecule has 0 atom stereocenters. The molecule has 25 heavy (non-hydrogen) atoms. The minimum absolute atomic E-state index is 0.434. The summed E-state index contributed by atoms with van der Waals surface area (Å²) in [4.78, 5) is 2.46. The first-order valence-electron chi connectivity index (χ1n) is 8.89. The number of H-pyrrole nitrogens is 1. The number of rotatable bonds is 4. The van der Waals surface area contributed by atoms with E-state index in [1.165, 1.54) is 5.56 Å². The van der Waals surface area contributed by atoms with Crippen molar-refractivity contribution >= 4 is 0 Å². The van der Waals surface area contributed by atoms with E-state index in [1.807, 2.05) is 11.6 Å². The normalized spacial score (nSPS) is 16.4. The Morgan fingerprint density at radius 1 is 1.12 bits per heavy atom. The molecule has 1 aliphatic heterocycles. The predicted molar refractivity (Wildman–Crippen MR) is 97.1 cm³/mol. The first-order chi connectivity index (χ1) is 12.2. The van der Waals surface area contributed by atoms with Crippen LogP contribution >= 0.6 is 0 Å². The molecule has 4 rings (SSSR count). The molecule has 0 spiro atoms. The molecule has 3 aromatic rings. The topological polar surface area (TPSA) is 62.6 Å². The van der Waals surface area contributed by atoms with Crippen molar-refractivity contribution in [3.8, 4) is 11.3 Å². The molecule has 6 heteroatoms. The van der Waals surface area contributed by atoms with E-state index in [-0.39, 0.29) is 0 Å². The molecule has 6 nitrogen and oxygen atoms in total. The molecule has 1 N–H and O–H groups in total. The highest BCUT2D eigenvalue weighted by atomic mass is 15.4. The van der Waals surface area contributed by atoms with E-state index < -0.39 is 0 Å². The maximum atomic E-state index is 4.38. The summed E-state index contributed by atoms with van der Waals surface area (Å²) in [6.07, 6.45) is 4.28. The molecular weight excluding hydrogens is 312 g/mol. The van der Waals surface area contributed by atoms with E-state index in [4.69, 9.17) is 0 Å². The Kier molecular flexibility index (Phi) is 4.36. The third kappa shape index (κ3) is 3.64. The summed E-state index contributed by atoms with van der Waals surface area (Å²) in [5.74, 6) is 0. The smallest absolute Gasteiger partial charge is 0.113 e. The van der Waals surface area contributed by atoms with Gasteiger partial charge in [0.2, 0.25) is 0 Å². The molecule has 0 amide bonds. The lowest BCUT2D eigenvalue weighted by Crippen LogP contribution is -2.34. The standard InChI is InChI=1S/C19H24N6/c1-14-3-5-16(6-4-14)19-13-25(23-22-19)18-7-9-24(10-8-18)12-17-11-15(2)20-21-17/h3-6,11,13,18H,7-10,12H2,1-2H3,(H,20,21). The fraction of sp³-hybridized carbons (Fsp3) is 0.421. The highest BCUT2D eigenvalue weighted by molar-refractivity contribution is 5.57. The SMILES string of the molecule is Cc1ccc(-c2cn(C3CCN(Cc4cc(C)[nH]n4)CC3)nn2)cc1. The van der Waals surface area contributed by atoms with E-state index in [9.17, 15) is 0 Å². The van der Waals surface area contributed by atoms with E-state index in [2.05, 4.69) is 68.9 Å². The van der Waals surface area contributed by atoms with E-state index in [0.29, 0.717) is 6.04 Å². The summed E-state index contributed by atoms with van der Waals surface area (Å²) in [7, 11) is 0. The summed E-state index contributed by atoms with van der Waals surface area (Å²) in [5.41, 5.74) is 5.59. The lowest BCUT2D eigenvalue weighted by atomic mass is 10.0. The van der Waals surface area contributed by atoms with Crippen molar-refractivity contribution in [3.05, 3.63) is 53.5 Å². The van der Waals surface area contributed by atoms with Crippen molar-refractivity contribution in [1.29, 1.82) is 0 Å². The van der Waals surface area contributed by atoms with Crippen molar-refractivity contribution in [2.24, 2.45) is 0 Å². The van der Waals surface area contributed by atoms with Crippen LogP contribution in [0, 0.1) is 13.8 Å². The van der Waals surface area contributed by atoms with Crippen molar-refractivity contribution < 1.29 is 0 Å². The van der Waals surface area contributed by atoms with Gasteiger partial charge in [-0.05, 0) is 32.8 Å². The van der Waals surface area contributed by atoms with Crippen LogP contribution in [0.15, 0.2) is 36.5 Å². The highest BCUT2D eigenvalue weighted by Crippen LogP contribution is 2.25. The van der Waals surface area contributed by atoms with Gasteiger partial charge in [0, 0.05) is 30.9 Å². The first-order valence-corrected chi connectivity index (χ1v) is 8.89. The van der Waals surface area contributed by atoms with Gasteiger partial charge in [-0.3, -0.25) is 10.00 Å². The van der Waals surface area contributed by atoms with Gasteiger partial charge in [-0.25, -0.2) is 4.68 Å². The molecule has 0 saturated carbocycles. The van der Waals surface area contributed by atoms with E-state index in [0.717, 1.165) is 55.1 Å². The minimum atomic E-state index is 0.434. The van der Waals surface area contributed by atoms with Gasteiger partial charge in [0.25, 0.3) is 0 Å². The van der Waals surface area contributed by atoms with Crippen LogP contribution in [0.25, 0.3) is 11.3 Å². The number of nitrogens with one attached hydrogen (secondary N) is 1. The average Bonchev–Trinajstić information content (AvgIpc) is 3.26. The quantitative estimate of drug-likeness (QED) is 0.795. The zero-order chi connectivity index (χ0) is 17.2. The fourth-order valence-corrected chi connectivity index (χ4v) is 3.44. The summed E-state index contributed by atoms with van der Waals surface area (Å²) in [6.45, 7) is 7.19. The van der Waals surface area contributed by atoms with Gasteiger partial charge in [0.15, 0.2) is 0 Å². The first kappa shape index (κ1) is 16.0. The third-order valence-electron chi connectivity index (χ3n) is 4.93. The molecule has 1 fully saturated rings. The summed E-state index contributed by atoms with van der Waals surface area (Å²) >= 11 is 0. The van der Waals surface area contributed by atoms with Crippen LogP contribution in [-0.2, 0) is 6.54 Å². The highest BCUT2D eigenvalue weighted by Gasteiger charge is 2.22. The number of hydrogen-bond acceptors (Lipinski definition) is 4. The molecule has 0 unspecified atom stereocenters. The number of aromatic nitrogens is 5. The third-order valence-corrected chi connectivity index (χ3v) is 4.93. The molecule has 0 radical (unpaired) electrons. The molecule has 1 aliphatic rings. The maximum absolute atomic E-state index is 4.38. The molecule has 0 bridgehead atoms. The number of piperidine rings is 1. The molecule has 1 saturated heterocycles. The maximum Gasteiger partial charge on any atom is 0.113 e. The largest absolute Gasteiger partial charge is 0.297 e. The summed E-state index contributed by atoms with van der Waals surface area (Å²) < 4.78 is 2.05. The molecular formula is C19H24N6. The van der Waals surface area contributed by atoms with Gasteiger partial charge in [0.05, 0.1) is 17.9 Å². The van der Waals surface area contributed by atoms with Gasteiger partial charge in [0.1, 0.15) is 5.69 Å². The number of benzene rings is 1. The van der Waals surface area contributed by atoms with Gasteiger partial charge in [-0.1, -0.05) is 35.0 Å². The van der Waals surface area contributed by atoms with Gasteiger partial charge >= 0.3 is 0 Å². The van der Waals surface area contributed by atoms with Crippen molar-refractivity contribution in [1.82, 2.24) is 30.1 Å². The van der Waals surface area contributed by atoms with Gasteiger partial charge < -0.3 is 0 Å². The molecule has 130 valence electrons. The Morgan fingerprint density at radius 2 is 1.88 bits per heavy atom. The Bertz CT molecular complexity index is 824. The zero-order valence-electron chi connectivity index (χ0n) is 14.8. The lowest BCUT2D eigenvalue weighted by Gasteiger charge is -2.31. The second-order valence-corrected chi connectivity index (χ2v) is 7.00. The molecule has 2 aromatic heterocycles. The second kappa shape index (κ2) is 6.80. The van der Waals surface area contributed by atoms with E-state index in [1.54, 1.807) is 0 Å². The van der Waals surface area contributed by atoms with Crippen molar-refractivity contribution in [2.75, 3.05) is 13.1 Å². The van der Waals surface area contributed by atoms with Crippen LogP contribution in [0.2, 0.25) is 0 Å². The number of nitrogens with zero attached hydrogens (tertiary/aromatic N) is 5. The van der Waals surface area contributed by atoms with Crippen LogP contribution in [0.1, 0.15) is 35.8 Å². The van der Waals surface area contributed by atoms with Crippen molar-refractivity contribution in [3.63, 3.8) is 0 Å². The zero-order valence-corrected chi connectivity index (χ0v) is 14.8. The Labute approximate surface area is 147 Å². The van der Waals surface area contributed by atoms with Crippen LogP contribution in [0.4, 0.5) is 0 Å². The van der Waals surface area contributed by atoms with Crippen LogP contribution in [-0.4, -0.2) is 43.2 Å². The Morgan fingerprint density at radius 3 is 2.56 bits per heavy atom. The minimum Gasteiger partial charge on any atom is -0.297 e. The Balaban J connectivity index is 1.37. The number of aromatic amines is 1. The second-order valence-electron chi connectivity index (χ2n) is 7.00. The number of likely N-dealkylation sites (tertiary alicyclic amines) is 1. The molecule has 3 heterocycles. The number of aryl methyl sites for hydroxylation is 2. The summed E-state index contributed by atoms with van der Waals surface area (Å²) in [5, 5.41) is 16.1. The van der Waals surface area contributed by atoms with Crippen LogP contribution in [0.5, 0.6) is 0 Å². The molecule has 1 aromatic carbocycles. The monoisotopic (exact) mass is 336 g/mol. The number of hydrogen-bond donors (Lipinski definition) is 1. The van der Waals surface area contributed by atoms with Crippen LogP contribution in [0.3, 0.4) is 0 Å². The molecule has 0 aliphatic carbocycles. The van der Waals surface area contributed by atoms with Gasteiger partial charge in [-0.2, -0.15) is 5.10 Å². The fourth-order valence-electron chi connectivity index (χ4n) is 3.44. The Hall–Kier alpha value is -2.47. The summed E-state index contributed by atoms with van der Waals surface area (Å²) in [6, 6.07) is 11.0.